The van der Waals surface area contributed by atoms with Crippen LogP contribution in [-0.4, -0.2) is 26.1 Å². The van der Waals surface area contributed by atoms with Crippen LogP contribution in [0.5, 0.6) is 5.75 Å². The number of alkyl halides is 3. The van der Waals surface area contributed by atoms with E-state index in [4.69, 9.17) is 4.74 Å². The van der Waals surface area contributed by atoms with Crippen LogP contribution in [0.3, 0.4) is 0 Å². The first-order valence-electron chi connectivity index (χ1n) is 6.66. The summed E-state index contributed by atoms with van der Waals surface area (Å²) in [6.07, 6.45) is -2.58. The number of ether oxygens (including phenoxy) is 2. The smallest absolute Gasteiger partial charge is 0.406 e. The van der Waals surface area contributed by atoms with Crippen LogP contribution in [0.4, 0.5) is 13.2 Å². The third kappa shape index (κ3) is 5.38. The molecule has 0 unspecified atom stereocenters. The van der Waals surface area contributed by atoms with Gasteiger partial charge in [0.2, 0.25) is 0 Å². The van der Waals surface area contributed by atoms with E-state index in [0.717, 1.165) is 38.2 Å². The van der Waals surface area contributed by atoms with Crippen LogP contribution in [-0.2, 0) is 11.3 Å². The number of hydrogen-bond donors (Lipinski definition) is 1. The summed E-state index contributed by atoms with van der Waals surface area (Å²) >= 11 is 0. The summed E-state index contributed by atoms with van der Waals surface area (Å²) in [6, 6.07) is 6.05. The first-order chi connectivity index (χ1) is 9.53. The summed E-state index contributed by atoms with van der Waals surface area (Å²) in [4.78, 5) is 0. The normalized spacial score (nSPS) is 17.1. The van der Waals surface area contributed by atoms with Crippen LogP contribution in [0, 0.1) is 5.92 Å². The Bertz CT molecular complexity index is 417. The molecule has 1 aliphatic rings. The van der Waals surface area contributed by atoms with E-state index < -0.39 is 6.36 Å². The Balaban J connectivity index is 1.79. The molecule has 1 heterocycles. The highest BCUT2D eigenvalue weighted by Gasteiger charge is 2.31. The maximum Gasteiger partial charge on any atom is 0.573 e. The third-order valence-electron chi connectivity index (χ3n) is 3.24. The molecule has 0 aliphatic carbocycles. The van der Waals surface area contributed by atoms with Gasteiger partial charge < -0.3 is 14.8 Å². The fourth-order valence-corrected chi connectivity index (χ4v) is 2.22. The Morgan fingerprint density at radius 1 is 1.25 bits per heavy atom. The van der Waals surface area contributed by atoms with Gasteiger partial charge in [0.05, 0.1) is 0 Å². The van der Waals surface area contributed by atoms with Crippen molar-refractivity contribution >= 4 is 0 Å². The zero-order valence-electron chi connectivity index (χ0n) is 11.1. The molecular formula is C14H18F3NO2. The highest BCUT2D eigenvalue weighted by atomic mass is 19.4. The molecule has 1 saturated heterocycles. The zero-order chi connectivity index (χ0) is 14.4. The van der Waals surface area contributed by atoms with Crippen molar-refractivity contribution in [3.05, 3.63) is 29.8 Å². The van der Waals surface area contributed by atoms with Gasteiger partial charge in [-0.3, -0.25) is 0 Å². The summed E-state index contributed by atoms with van der Waals surface area (Å²) in [6.45, 7) is 2.97. The van der Waals surface area contributed by atoms with Crippen molar-refractivity contribution in [1.82, 2.24) is 5.32 Å². The molecule has 1 aromatic carbocycles. The van der Waals surface area contributed by atoms with Crippen molar-refractivity contribution in [2.24, 2.45) is 5.92 Å². The van der Waals surface area contributed by atoms with Crippen molar-refractivity contribution in [2.75, 3.05) is 19.8 Å². The lowest BCUT2D eigenvalue weighted by Crippen LogP contribution is -2.27. The average Bonchev–Trinajstić information content (AvgIpc) is 2.38. The van der Waals surface area contributed by atoms with Crippen LogP contribution in [0.2, 0.25) is 0 Å². The molecule has 1 aliphatic heterocycles. The molecule has 112 valence electrons. The van der Waals surface area contributed by atoms with E-state index >= 15 is 0 Å². The lowest BCUT2D eigenvalue weighted by molar-refractivity contribution is -0.274. The molecule has 2 rings (SSSR count). The Kier molecular flexibility index (Phi) is 5.25. The van der Waals surface area contributed by atoms with Gasteiger partial charge >= 0.3 is 6.36 Å². The Morgan fingerprint density at radius 2 is 2.00 bits per heavy atom. The topological polar surface area (TPSA) is 30.5 Å². The molecule has 0 saturated carbocycles. The van der Waals surface area contributed by atoms with Gasteiger partial charge in [0.1, 0.15) is 5.75 Å². The maximum absolute atomic E-state index is 12.1. The van der Waals surface area contributed by atoms with Gasteiger partial charge in [-0.05, 0) is 43.0 Å². The first-order valence-corrected chi connectivity index (χ1v) is 6.66. The minimum atomic E-state index is -4.64. The van der Waals surface area contributed by atoms with Crippen molar-refractivity contribution in [3.8, 4) is 5.75 Å². The van der Waals surface area contributed by atoms with Gasteiger partial charge in [-0.1, -0.05) is 12.1 Å². The van der Waals surface area contributed by atoms with Crippen LogP contribution < -0.4 is 10.1 Å². The van der Waals surface area contributed by atoms with E-state index in [9.17, 15) is 13.2 Å². The summed E-state index contributed by atoms with van der Waals surface area (Å²) in [5, 5.41) is 3.27. The van der Waals surface area contributed by atoms with E-state index in [0.29, 0.717) is 12.5 Å². The molecule has 1 aromatic rings. The van der Waals surface area contributed by atoms with Crippen molar-refractivity contribution < 1.29 is 22.6 Å². The van der Waals surface area contributed by atoms with Gasteiger partial charge in [0.15, 0.2) is 0 Å². The van der Waals surface area contributed by atoms with Gasteiger partial charge in [0, 0.05) is 19.8 Å². The van der Waals surface area contributed by atoms with Crippen LogP contribution in [0.15, 0.2) is 24.3 Å². The van der Waals surface area contributed by atoms with Crippen molar-refractivity contribution in [1.29, 1.82) is 0 Å². The monoisotopic (exact) mass is 289 g/mol. The highest BCUT2D eigenvalue weighted by molar-refractivity contribution is 5.28. The second-order valence-corrected chi connectivity index (χ2v) is 4.88. The van der Waals surface area contributed by atoms with E-state index in [-0.39, 0.29) is 5.75 Å². The second kappa shape index (κ2) is 6.95. The lowest BCUT2D eigenvalue weighted by Gasteiger charge is -2.22. The first kappa shape index (κ1) is 15.1. The number of nitrogens with one attached hydrogen (secondary N) is 1. The largest absolute Gasteiger partial charge is 0.573 e. The highest BCUT2D eigenvalue weighted by Crippen LogP contribution is 2.23. The third-order valence-corrected chi connectivity index (χ3v) is 3.24. The standard InChI is InChI=1S/C14H18F3NO2/c15-14(16,17)20-13-3-1-2-12(8-13)10-18-9-11-4-6-19-7-5-11/h1-3,8,11,18H,4-7,9-10H2. The van der Waals surface area contributed by atoms with E-state index in [1.54, 1.807) is 12.1 Å². The lowest BCUT2D eigenvalue weighted by atomic mass is 10.0. The van der Waals surface area contributed by atoms with Gasteiger partial charge in [-0.25, -0.2) is 0 Å². The summed E-state index contributed by atoms with van der Waals surface area (Å²) in [7, 11) is 0. The second-order valence-electron chi connectivity index (χ2n) is 4.88. The Morgan fingerprint density at radius 3 is 2.70 bits per heavy atom. The molecule has 0 atom stereocenters. The molecule has 3 nitrogen and oxygen atoms in total. The molecule has 0 bridgehead atoms. The molecule has 0 amide bonds. The van der Waals surface area contributed by atoms with Gasteiger partial charge in [-0.2, -0.15) is 0 Å². The summed E-state index contributed by atoms with van der Waals surface area (Å²) in [5.74, 6) is 0.404. The fourth-order valence-electron chi connectivity index (χ4n) is 2.22. The van der Waals surface area contributed by atoms with Crippen molar-refractivity contribution in [2.45, 2.75) is 25.7 Å². The van der Waals surface area contributed by atoms with Gasteiger partial charge in [-0.15, -0.1) is 13.2 Å². The number of hydrogen-bond acceptors (Lipinski definition) is 3. The molecule has 20 heavy (non-hydrogen) atoms. The molecule has 1 N–H and O–H groups in total. The summed E-state index contributed by atoms with van der Waals surface area (Å²) < 4.78 is 45.5. The van der Waals surface area contributed by atoms with Crippen molar-refractivity contribution in [3.63, 3.8) is 0 Å². The number of benzene rings is 1. The zero-order valence-corrected chi connectivity index (χ0v) is 11.1. The van der Waals surface area contributed by atoms with E-state index in [1.165, 1.54) is 12.1 Å². The van der Waals surface area contributed by atoms with Gasteiger partial charge in [0.25, 0.3) is 0 Å². The predicted molar refractivity (Wildman–Crippen MR) is 68.4 cm³/mol. The Labute approximate surface area is 116 Å². The summed E-state index contributed by atoms with van der Waals surface area (Å²) in [5.41, 5.74) is 0.777. The minimum Gasteiger partial charge on any atom is -0.406 e. The predicted octanol–water partition coefficient (Wildman–Crippen LogP) is 3.10. The van der Waals surface area contributed by atoms with Crippen LogP contribution in [0.1, 0.15) is 18.4 Å². The minimum absolute atomic E-state index is 0.178. The molecule has 0 radical (unpaired) electrons. The molecule has 0 spiro atoms. The quantitative estimate of drug-likeness (QED) is 0.903. The molecule has 6 heteroatoms. The van der Waals surface area contributed by atoms with Crippen LogP contribution >= 0.6 is 0 Å². The molecule has 0 aromatic heterocycles. The molecular weight excluding hydrogens is 271 g/mol. The van der Waals surface area contributed by atoms with E-state index in [1.807, 2.05) is 0 Å². The SMILES string of the molecule is FC(F)(F)Oc1cccc(CNCC2CCOCC2)c1. The van der Waals surface area contributed by atoms with Crippen LogP contribution in [0.25, 0.3) is 0 Å². The maximum atomic E-state index is 12.1. The Hall–Kier alpha value is -1.27. The van der Waals surface area contributed by atoms with E-state index in [2.05, 4.69) is 10.1 Å². The molecule has 1 fully saturated rings. The fraction of sp³-hybridized carbons (Fsp3) is 0.571. The number of rotatable bonds is 5. The average molecular weight is 289 g/mol. The number of halogens is 3.